The largest absolute Gasteiger partial charge is 0.326 e. The number of benzene rings is 2. The Balaban J connectivity index is 1.42. The Bertz CT molecular complexity index is 1080. The minimum absolute atomic E-state index is 0.125. The Morgan fingerprint density at radius 2 is 1.87 bits per heavy atom. The predicted octanol–water partition coefficient (Wildman–Crippen LogP) is 4.64. The fourth-order valence-corrected chi connectivity index (χ4v) is 5.91. The summed E-state index contributed by atoms with van der Waals surface area (Å²) in [6, 6.07) is 17.5. The number of piperidine rings is 1. The molecular formula is C24H26N4O2S. The average molecular weight is 435 g/mol. The molecule has 2 atom stereocenters. The van der Waals surface area contributed by atoms with Crippen LogP contribution in [0.3, 0.4) is 0 Å². The summed E-state index contributed by atoms with van der Waals surface area (Å²) in [7, 11) is 0. The van der Waals surface area contributed by atoms with Crippen LogP contribution in [0.15, 0.2) is 54.6 Å². The van der Waals surface area contributed by atoms with Crippen molar-refractivity contribution in [1.82, 2.24) is 20.1 Å². The van der Waals surface area contributed by atoms with E-state index in [4.69, 9.17) is 4.98 Å². The number of carbonyl (C=O) groups excluding carboxylic acids is 2. The maximum Gasteiger partial charge on any atom is 0.326 e. The molecule has 6 nitrogen and oxygen atoms in total. The third kappa shape index (κ3) is 3.42. The van der Waals surface area contributed by atoms with Gasteiger partial charge in [0.1, 0.15) is 10.5 Å². The molecule has 160 valence electrons. The molecule has 3 heterocycles. The Morgan fingerprint density at radius 1 is 1.10 bits per heavy atom. The van der Waals surface area contributed by atoms with Gasteiger partial charge in [0.25, 0.3) is 5.91 Å². The average Bonchev–Trinajstić information content (AvgIpc) is 3.35. The molecule has 5 rings (SSSR count). The van der Waals surface area contributed by atoms with Crippen LogP contribution in [0.25, 0.3) is 10.2 Å². The highest BCUT2D eigenvalue weighted by molar-refractivity contribution is 7.18. The van der Waals surface area contributed by atoms with E-state index in [9.17, 15) is 9.59 Å². The third-order valence-electron chi connectivity index (χ3n) is 6.50. The van der Waals surface area contributed by atoms with E-state index in [0.29, 0.717) is 13.1 Å². The second-order valence-corrected chi connectivity index (χ2v) is 9.34. The minimum atomic E-state index is -0.987. The first-order valence-electron chi connectivity index (χ1n) is 10.9. The van der Waals surface area contributed by atoms with Crippen molar-refractivity contribution in [2.24, 2.45) is 0 Å². The number of likely N-dealkylation sites (tertiary alicyclic amines) is 1. The van der Waals surface area contributed by atoms with Crippen molar-refractivity contribution in [3.63, 3.8) is 0 Å². The lowest BCUT2D eigenvalue weighted by Gasteiger charge is -2.36. The van der Waals surface area contributed by atoms with Gasteiger partial charge in [-0.15, -0.1) is 11.3 Å². The van der Waals surface area contributed by atoms with Crippen LogP contribution in [0.2, 0.25) is 0 Å². The van der Waals surface area contributed by atoms with Crippen LogP contribution in [0, 0.1) is 0 Å². The molecular weight excluding hydrogens is 408 g/mol. The summed E-state index contributed by atoms with van der Waals surface area (Å²) in [6.45, 7) is 3.08. The van der Waals surface area contributed by atoms with Crippen LogP contribution in [-0.2, 0) is 10.3 Å². The SMILES string of the molecule is CCC1(c2ccccc2)NC(=O)N(CN2CCCCC2c2nc3ccccc3s2)C1=O. The van der Waals surface area contributed by atoms with Crippen molar-refractivity contribution < 1.29 is 9.59 Å². The van der Waals surface area contributed by atoms with Crippen molar-refractivity contribution in [3.8, 4) is 0 Å². The fourth-order valence-electron chi connectivity index (χ4n) is 4.77. The van der Waals surface area contributed by atoms with Gasteiger partial charge in [-0.05, 0) is 37.0 Å². The zero-order valence-electron chi connectivity index (χ0n) is 17.6. The summed E-state index contributed by atoms with van der Waals surface area (Å²) >= 11 is 1.71. The number of aromatic nitrogens is 1. The molecule has 0 spiro atoms. The maximum atomic E-state index is 13.5. The van der Waals surface area contributed by atoms with Crippen molar-refractivity contribution in [3.05, 3.63) is 65.2 Å². The summed E-state index contributed by atoms with van der Waals surface area (Å²) < 4.78 is 1.17. The first-order chi connectivity index (χ1) is 15.1. The second kappa shape index (κ2) is 8.05. The van der Waals surface area contributed by atoms with E-state index in [1.165, 1.54) is 9.60 Å². The van der Waals surface area contributed by atoms with Crippen LogP contribution in [0.5, 0.6) is 0 Å². The molecule has 2 unspecified atom stereocenters. The molecule has 0 bridgehead atoms. The highest BCUT2D eigenvalue weighted by atomic mass is 32.1. The van der Waals surface area contributed by atoms with Gasteiger partial charge < -0.3 is 5.32 Å². The number of carbonyl (C=O) groups is 2. The van der Waals surface area contributed by atoms with Gasteiger partial charge in [-0.1, -0.05) is 55.8 Å². The Hall–Kier alpha value is -2.77. The summed E-state index contributed by atoms with van der Waals surface area (Å²) in [5, 5.41) is 4.06. The highest BCUT2D eigenvalue weighted by Gasteiger charge is 2.51. The highest BCUT2D eigenvalue weighted by Crippen LogP contribution is 2.37. The van der Waals surface area contributed by atoms with E-state index in [2.05, 4.69) is 16.3 Å². The lowest BCUT2D eigenvalue weighted by molar-refractivity contribution is -0.133. The first-order valence-corrected chi connectivity index (χ1v) is 11.7. The molecule has 2 aliphatic heterocycles. The number of fused-ring (bicyclic) bond motifs is 1. The fraction of sp³-hybridized carbons (Fsp3) is 0.375. The van der Waals surface area contributed by atoms with Gasteiger partial charge in [0.05, 0.1) is 22.9 Å². The Kier molecular flexibility index (Phi) is 5.24. The van der Waals surface area contributed by atoms with Gasteiger partial charge in [-0.25, -0.2) is 14.7 Å². The molecule has 1 N–H and O–H groups in total. The summed E-state index contributed by atoms with van der Waals surface area (Å²) in [5.74, 6) is -0.167. The smallest absolute Gasteiger partial charge is 0.319 e. The number of imide groups is 1. The number of rotatable bonds is 5. The summed E-state index contributed by atoms with van der Waals surface area (Å²) in [5.41, 5.74) is 0.858. The van der Waals surface area contributed by atoms with Crippen LogP contribution in [0.1, 0.15) is 49.2 Å². The van der Waals surface area contributed by atoms with E-state index in [-0.39, 0.29) is 18.0 Å². The first kappa shape index (κ1) is 20.2. The number of para-hydroxylation sites is 1. The van der Waals surface area contributed by atoms with E-state index in [1.54, 1.807) is 11.3 Å². The van der Waals surface area contributed by atoms with Crippen LogP contribution < -0.4 is 5.32 Å². The standard InChI is InChI=1S/C24H26N4O2S/c1-2-24(17-10-4-3-5-11-17)22(29)28(23(30)26-24)16-27-15-9-8-13-19(27)21-25-18-12-6-7-14-20(18)31-21/h3-7,10-12,14,19H,2,8-9,13,15-16H2,1H3,(H,26,30). The summed E-state index contributed by atoms with van der Waals surface area (Å²) in [4.78, 5) is 35.0. The van der Waals surface area contributed by atoms with Gasteiger partial charge >= 0.3 is 6.03 Å². The molecule has 2 fully saturated rings. The van der Waals surface area contributed by atoms with Crippen LogP contribution in [-0.4, -0.2) is 39.9 Å². The van der Waals surface area contributed by atoms with Crippen molar-refractivity contribution >= 4 is 33.5 Å². The number of urea groups is 1. The van der Waals surface area contributed by atoms with E-state index < -0.39 is 5.54 Å². The summed E-state index contributed by atoms with van der Waals surface area (Å²) in [6.07, 6.45) is 3.68. The zero-order valence-corrected chi connectivity index (χ0v) is 18.4. The Labute approximate surface area is 185 Å². The molecule has 31 heavy (non-hydrogen) atoms. The molecule has 2 saturated heterocycles. The molecule has 0 aliphatic carbocycles. The van der Waals surface area contributed by atoms with Gasteiger partial charge in [0, 0.05) is 6.54 Å². The van der Waals surface area contributed by atoms with E-state index >= 15 is 0 Å². The quantitative estimate of drug-likeness (QED) is 0.594. The van der Waals surface area contributed by atoms with Gasteiger partial charge in [0.2, 0.25) is 0 Å². The molecule has 7 heteroatoms. The molecule has 1 aromatic heterocycles. The Morgan fingerprint density at radius 3 is 2.65 bits per heavy atom. The van der Waals surface area contributed by atoms with E-state index in [1.807, 2.05) is 55.5 Å². The van der Waals surface area contributed by atoms with Gasteiger partial charge in [-0.2, -0.15) is 0 Å². The molecule has 3 aromatic rings. The number of amides is 3. The maximum absolute atomic E-state index is 13.5. The predicted molar refractivity (Wildman–Crippen MR) is 122 cm³/mol. The lowest BCUT2D eigenvalue weighted by Crippen LogP contribution is -2.47. The van der Waals surface area contributed by atoms with Crippen molar-refractivity contribution in [2.75, 3.05) is 13.2 Å². The lowest BCUT2D eigenvalue weighted by atomic mass is 9.87. The zero-order chi connectivity index (χ0) is 21.4. The number of nitrogens with one attached hydrogen (secondary N) is 1. The second-order valence-electron chi connectivity index (χ2n) is 8.27. The van der Waals surface area contributed by atoms with Crippen LogP contribution in [0.4, 0.5) is 4.79 Å². The number of thiazole rings is 1. The number of nitrogens with zero attached hydrogens (tertiary/aromatic N) is 3. The topological polar surface area (TPSA) is 65.5 Å². The number of hydrogen-bond donors (Lipinski definition) is 1. The van der Waals surface area contributed by atoms with Gasteiger partial charge in [-0.3, -0.25) is 9.69 Å². The molecule has 0 radical (unpaired) electrons. The molecule has 2 aromatic carbocycles. The van der Waals surface area contributed by atoms with Crippen molar-refractivity contribution in [2.45, 2.75) is 44.2 Å². The normalized spacial score (nSPS) is 24.7. The van der Waals surface area contributed by atoms with Gasteiger partial charge in [0.15, 0.2) is 0 Å². The van der Waals surface area contributed by atoms with Crippen LogP contribution >= 0.6 is 11.3 Å². The number of hydrogen-bond acceptors (Lipinski definition) is 5. The monoisotopic (exact) mass is 434 g/mol. The molecule has 0 saturated carbocycles. The minimum Gasteiger partial charge on any atom is -0.319 e. The van der Waals surface area contributed by atoms with Crippen molar-refractivity contribution in [1.29, 1.82) is 0 Å². The molecule has 3 amide bonds. The van der Waals surface area contributed by atoms with E-state index in [0.717, 1.165) is 41.9 Å². The third-order valence-corrected chi connectivity index (χ3v) is 7.64. The molecule has 2 aliphatic rings.